The summed E-state index contributed by atoms with van der Waals surface area (Å²) in [6.45, 7) is 5.52. The zero-order chi connectivity index (χ0) is 18.2. The van der Waals surface area contributed by atoms with Gasteiger partial charge in [-0.1, -0.05) is 56.3 Å². The minimum Gasteiger partial charge on any atom is -0.326 e. The van der Waals surface area contributed by atoms with Crippen LogP contribution in [0.5, 0.6) is 0 Å². The smallest absolute Gasteiger partial charge is 0.227 e. The fraction of sp³-hybridized carbons (Fsp3) is 0.364. The Kier molecular flexibility index (Phi) is 6.93. The van der Waals surface area contributed by atoms with Crippen LogP contribution in [0.1, 0.15) is 38.3 Å². The summed E-state index contributed by atoms with van der Waals surface area (Å²) in [5, 5.41) is 2.98. The normalized spacial score (nSPS) is 13.1. The van der Waals surface area contributed by atoms with Crippen molar-refractivity contribution >= 4 is 17.4 Å². The largest absolute Gasteiger partial charge is 0.326 e. The molecule has 132 valence electrons. The number of hydrogen-bond donors (Lipinski definition) is 1. The van der Waals surface area contributed by atoms with Gasteiger partial charge < -0.3 is 5.32 Å². The Balaban J connectivity index is 1.84. The Labute approximate surface area is 150 Å². The van der Waals surface area contributed by atoms with E-state index in [-0.39, 0.29) is 23.5 Å². The second-order valence-corrected chi connectivity index (χ2v) is 6.83. The molecule has 0 aromatic heterocycles. The van der Waals surface area contributed by atoms with E-state index < -0.39 is 0 Å². The van der Waals surface area contributed by atoms with E-state index in [4.69, 9.17) is 0 Å². The molecule has 0 fully saturated rings. The van der Waals surface area contributed by atoms with Gasteiger partial charge in [0.25, 0.3) is 0 Å². The maximum atomic E-state index is 12.3. The zero-order valence-corrected chi connectivity index (χ0v) is 15.3. The molecule has 2 aromatic carbocycles. The van der Waals surface area contributed by atoms with Crippen LogP contribution >= 0.6 is 0 Å². The summed E-state index contributed by atoms with van der Waals surface area (Å²) in [6.07, 6.45) is 2.46. The SMILES string of the molecule is CC(=O)C(C)Cc1ccc(NC(=O)C(C)CCc2ccccc2)cc1. The van der Waals surface area contributed by atoms with Crippen LogP contribution < -0.4 is 5.32 Å². The van der Waals surface area contributed by atoms with Gasteiger partial charge in [-0.2, -0.15) is 0 Å². The van der Waals surface area contributed by atoms with Crippen LogP contribution in [0.2, 0.25) is 0 Å². The van der Waals surface area contributed by atoms with E-state index in [0.29, 0.717) is 0 Å². The topological polar surface area (TPSA) is 46.2 Å². The van der Waals surface area contributed by atoms with Crippen molar-refractivity contribution in [2.45, 2.75) is 40.0 Å². The minimum absolute atomic E-state index is 0.0263. The van der Waals surface area contributed by atoms with Crippen LogP contribution in [0.25, 0.3) is 0 Å². The van der Waals surface area contributed by atoms with Crippen LogP contribution in [0.3, 0.4) is 0 Å². The molecule has 0 heterocycles. The molecule has 2 atom stereocenters. The Bertz CT molecular complexity index is 692. The Hall–Kier alpha value is -2.42. The molecule has 1 amide bonds. The molecule has 2 unspecified atom stereocenters. The van der Waals surface area contributed by atoms with Crippen molar-refractivity contribution < 1.29 is 9.59 Å². The predicted molar refractivity (Wildman–Crippen MR) is 103 cm³/mol. The van der Waals surface area contributed by atoms with E-state index in [1.165, 1.54) is 5.56 Å². The lowest BCUT2D eigenvalue weighted by molar-refractivity contribution is -0.120. The molecule has 0 bridgehead atoms. The molecule has 0 spiro atoms. The second-order valence-electron chi connectivity index (χ2n) is 6.83. The molecule has 2 rings (SSSR count). The van der Waals surface area contributed by atoms with Gasteiger partial charge in [0.1, 0.15) is 5.78 Å². The van der Waals surface area contributed by atoms with Gasteiger partial charge in [0, 0.05) is 17.5 Å². The lowest BCUT2D eigenvalue weighted by atomic mass is 9.97. The monoisotopic (exact) mass is 337 g/mol. The third-order valence-electron chi connectivity index (χ3n) is 4.61. The highest BCUT2D eigenvalue weighted by molar-refractivity contribution is 5.92. The number of nitrogens with one attached hydrogen (secondary N) is 1. The second kappa shape index (κ2) is 9.16. The summed E-state index contributed by atoms with van der Waals surface area (Å²) < 4.78 is 0. The molecule has 0 saturated carbocycles. The van der Waals surface area contributed by atoms with Crippen molar-refractivity contribution in [1.82, 2.24) is 0 Å². The number of Topliss-reactive ketones (excluding diaryl/α,β-unsaturated/α-hetero) is 1. The van der Waals surface area contributed by atoms with Crippen molar-refractivity contribution in [2.75, 3.05) is 5.32 Å². The number of amides is 1. The Morgan fingerprint density at radius 1 is 0.880 bits per heavy atom. The summed E-state index contributed by atoms with van der Waals surface area (Å²) in [6, 6.07) is 18.0. The minimum atomic E-state index is -0.0439. The lowest BCUT2D eigenvalue weighted by Crippen LogP contribution is -2.21. The number of anilines is 1. The van der Waals surface area contributed by atoms with Crippen LogP contribution in [0.15, 0.2) is 54.6 Å². The summed E-state index contributed by atoms with van der Waals surface area (Å²) in [5.41, 5.74) is 3.17. The number of ketones is 1. The molecular weight excluding hydrogens is 310 g/mol. The predicted octanol–water partition coefficient (Wildman–Crippen LogP) is 4.66. The molecule has 3 nitrogen and oxygen atoms in total. The van der Waals surface area contributed by atoms with Crippen LogP contribution in [0, 0.1) is 11.8 Å². The van der Waals surface area contributed by atoms with E-state index >= 15 is 0 Å². The van der Waals surface area contributed by atoms with Crippen molar-refractivity contribution in [1.29, 1.82) is 0 Å². The number of hydrogen-bond acceptors (Lipinski definition) is 2. The standard InChI is InChI=1S/C22H27NO2/c1-16(9-10-19-7-5-4-6-8-19)22(25)23-21-13-11-20(12-14-21)15-17(2)18(3)24/h4-8,11-14,16-17H,9-10,15H2,1-3H3,(H,23,25). The summed E-state index contributed by atoms with van der Waals surface area (Å²) in [5.74, 6) is 0.224. The van der Waals surface area contributed by atoms with Gasteiger partial charge in [0.05, 0.1) is 0 Å². The quantitative estimate of drug-likeness (QED) is 0.761. The third-order valence-corrected chi connectivity index (χ3v) is 4.61. The van der Waals surface area contributed by atoms with Gasteiger partial charge in [0.2, 0.25) is 5.91 Å². The molecule has 0 aliphatic heterocycles. The number of rotatable bonds is 8. The first-order chi connectivity index (χ1) is 12.0. The molecule has 0 radical (unpaired) electrons. The molecule has 0 saturated heterocycles. The molecule has 1 N–H and O–H groups in total. The molecule has 3 heteroatoms. The highest BCUT2D eigenvalue weighted by atomic mass is 16.1. The molecular formula is C22H27NO2. The molecule has 2 aromatic rings. The van der Waals surface area contributed by atoms with Crippen LogP contribution in [0.4, 0.5) is 5.69 Å². The fourth-order valence-electron chi connectivity index (χ4n) is 2.65. The van der Waals surface area contributed by atoms with Gasteiger partial charge in [-0.3, -0.25) is 9.59 Å². The molecule has 0 aliphatic carbocycles. The average molecular weight is 337 g/mol. The first kappa shape index (κ1) is 18.9. The summed E-state index contributed by atoms with van der Waals surface area (Å²) >= 11 is 0. The first-order valence-electron chi connectivity index (χ1n) is 8.90. The summed E-state index contributed by atoms with van der Waals surface area (Å²) in [4.78, 5) is 23.7. The maximum Gasteiger partial charge on any atom is 0.227 e. The number of aryl methyl sites for hydroxylation is 1. The van der Waals surface area contributed by atoms with Gasteiger partial charge in [-0.05, 0) is 49.4 Å². The summed E-state index contributed by atoms with van der Waals surface area (Å²) in [7, 11) is 0. The fourth-order valence-corrected chi connectivity index (χ4v) is 2.65. The van der Waals surface area contributed by atoms with E-state index in [2.05, 4.69) is 17.4 Å². The van der Waals surface area contributed by atoms with Gasteiger partial charge >= 0.3 is 0 Å². The van der Waals surface area contributed by atoms with E-state index in [1.807, 2.05) is 56.3 Å². The van der Waals surface area contributed by atoms with E-state index in [9.17, 15) is 9.59 Å². The number of carbonyl (C=O) groups excluding carboxylic acids is 2. The van der Waals surface area contributed by atoms with Gasteiger partial charge in [0.15, 0.2) is 0 Å². The van der Waals surface area contributed by atoms with Crippen molar-refractivity contribution in [3.63, 3.8) is 0 Å². The van der Waals surface area contributed by atoms with E-state index in [1.54, 1.807) is 6.92 Å². The van der Waals surface area contributed by atoms with Crippen LogP contribution in [-0.4, -0.2) is 11.7 Å². The highest BCUT2D eigenvalue weighted by Crippen LogP contribution is 2.16. The third kappa shape index (κ3) is 6.18. The van der Waals surface area contributed by atoms with Crippen molar-refractivity contribution in [2.24, 2.45) is 11.8 Å². The average Bonchev–Trinajstić information content (AvgIpc) is 2.62. The van der Waals surface area contributed by atoms with Gasteiger partial charge in [-0.15, -0.1) is 0 Å². The van der Waals surface area contributed by atoms with Crippen molar-refractivity contribution in [3.8, 4) is 0 Å². The zero-order valence-electron chi connectivity index (χ0n) is 15.3. The molecule has 0 aliphatic rings. The van der Waals surface area contributed by atoms with Gasteiger partial charge in [-0.25, -0.2) is 0 Å². The Morgan fingerprint density at radius 3 is 2.12 bits per heavy atom. The maximum absolute atomic E-state index is 12.3. The highest BCUT2D eigenvalue weighted by Gasteiger charge is 2.13. The number of carbonyl (C=O) groups is 2. The first-order valence-corrected chi connectivity index (χ1v) is 8.90. The molecule has 25 heavy (non-hydrogen) atoms. The van der Waals surface area contributed by atoms with Crippen molar-refractivity contribution in [3.05, 3.63) is 65.7 Å². The van der Waals surface area contributed by atoms with E-state index in [0.717, 1.165) is 30.5 Å². The Morgan fingerprint density at radius 2 is 1.52 bits per heavy atom. The van der Waals surface area contributed by atoms with Crippen LogP contribution in [-0.2, 0) is 22.4 Å². The number of benzene rings is 2. The lowest BCUT2D eigenvalue weighted by Gasteiger charge is -2.13.